The number of aromatic nitrogens is 2. The summed E-state index contributed by atoms with van der Waals surface area (Å²) >= 11 is 0. The number of hydrogen-bond donors (Lipinski definition) is 1. The van der Waals surface area contributed by atoms with Crippen molar-refractivity contribution in [1.82, 2.24) is 15.1 Å². The highest BCUT2D eigenvalue weighted by Gasteiger charge is 2.29. The van der Waals surface area contributed by atoms with Crippen LogP contribution in [0.1, 0.15) is 30.2 Å². The van der Waals surface area contributed by atoms with Crippen LogP contribution in [0, 0.1) is 5.92 Å². The number of benzene rings is 1. The third kappa shape index (κ3) is 3.50. The third-order valence-electron chi connectivity index (χ3n) is 4.96. The SMILES string of the molecule is Cn1nccc1[C@@H]1OCCC[C@H]1CNCc1cccc2c1OCCO2. The molecule has 1 saturated heterocycles. The maximum atomic E-state index is 6.06. The molecule has 0 saturated carbocycles. The second kappa shape index (κ2) is 7.45. The molecule has 4 rings (SSSR count). The Morgan fingerprint density at radius 1 is 1.20 bits per heavy atom. The Labute approximate surface area is 148 Å². The van der Waals surface area contributed by atoms with Crippen LogP contribution in [0.3, 0.4) is 0 Å². The van der Waals surface area contributed by atoms with Gasteiger partial charge < -0.3 is 19.5 Å². The Kier molecular flexibility index (Phi) is 4.90. The van der Waals surface area contributed by atoms with Gasteiger partial charge in [-0.15, -0.1) is 0 Å². The molecule has 25 heavy (non-hydrogen) atoms. The van der Waals surface area contributed by atoms with Gasteiger partial charge in [-0.1, -0.05) is 12.1 Å². The average Bonchev–Trinajstić information content (AvgIpc) is 3.08. The van der Waals surface area contributed by atoms with Crippen molar-refractivity contribution in [2.45, 2.75) is 25.5 Å². The summed E-state index contributed by atoms with van der Waals surface area (Å²) in [5, 5.41) is 7.88. The summed E-state index contributed by atoms with van der Waals surface area (Å²) < 4.78 is 19.4. The summed E-state index contributed by atoms with van der Waals surface area (Å²) in [6.07, 6.45) is 4.22. The second-order valence-corrected chi connectivity index (χ2v) is 6.65. The first kappa shape index (κ1) is 16.4. The van der Waals surface area contributed by atoms with Crippen molar-refractivity contribution >= 4 is 0 Å². The zero-order valence-corrected chi connectivity index (χ0v) is 14.6. The van der Waals surface area contributed by atoms with E-state index in [4.69, 9.17) is 14.2 Å². The Hall–Kier alpha value is -2.05. The van der Waals surface area contributed by atoms with E-state index in [1.807, 2.05) is 30.1 Å². The number of nitrogens with one attached hydrogen (secondary N) is 1. The molecule has 1 aromatic heterocycles. The first-order valence-electron chi connectivity index (χ1n) is 9.00. The number of nitrogens with zero attached hydrogens (tertiary/aromatic N) is 2. The highest BCUT2D eigenvalue weighted by molar-refractivity contribution is 5.47. The number of para-hydroxylation sites is 1. The first-order chi connectivity index (χ1) is 12.3. The van der Waals surface area contributed by atoms with Gasteiger partial charge in [0.15, 0.2) is 11.5 Å². The first-order valence-corrected chi connectivity index (χ1v) is 9.00. The van der Waals surface area contributed by atoms with Crippen molar-refractivity contribution in [3.8, 4) is 11.5 Å². The van der Waals surface area contributed by atoms with Crippen molar-refractivity contribution in [2.75, 3.05) is 26.4 Å². The van der Waals surface area contributed by atoms with Crippen molar-refractivity contribution in [2.24, 2.45) is 13.0 Å². The molecule has 2 atom stereocenters. The van der Waals surface area contributed by atoms with Crippen LogP contribution < -0.4 is 14.8 Å². The number of ether oxygens (including phenoxy) is 3. The van der Waals surface area contributed by atoms with Crippen LogP contribution in [0.4, 0.5) is 0 Å². The lowest BCUT2D eigenvalue weighted by Crippen LogP contribution is -2.32. The summed E-state index contributed by atoms with van der Waals surface area (Å²) in [5.74, 6) is 2.17. The standard InChI is InChI=1S/C19H25N3O3/c1-22-16(7-8-21-22)18-14(5-3-9-24-18)12-20-13-15-4-2-6-17-19(15)25-11-10-23-17/h2,4,6-8,14,18,20H,3,5,9-13H2,1H3/t14-,18+/m0/s1. The molecule has 6 heteroatoms. The smallest absolute Gasteiger partial charge is 0.165 e. The van der Waals surface area contributed by atoms with Gasteiger partial charge in [-0.05, 0) is 25.0 Å². The van der Waals surface area contributed by atoms with Gasteiger partial charge >= 0.3 is 0 Å². The van der Waals surface area contributed by atoms with E-state index in [2.05, 4.69) is 22.5 Å². The van der Waals surface area contributed by atoms with Crippen LogP contribution in [0.15, 0.2) is 30.5 Å². The molecule has 1 aromatic carbocycles. The topological polar surface area (TPSA) is 57.5 Å². The number of rotatable bonds is 5. The molecule has 1 N–H and O–H groups in total. The van der Waals surface area contributed by atoms with E-state index in [0.29, 0.717) is 19.1 Å². The van der Waals surface area contributed by atoms with Gasteiger partial charge in [-0.2, -0.15) is 5.10 Å². The molecule has 0 amide bonds. The maximum Gasteiger partial charge on any atom is 0.165 e. The molecule has 0 aliphatic carbocycles. The van der Waals surface area contributed by atoms with Gasteiger partial charge in [0.1, 0.15) is 19.3 Å². The molecular formula is C19H25N3O3. The van der Waals surface area contributed by atoms with E-state index >= 15 is 0 Å². The van der Waals surface area contributed by atoms with E-state index in [0.717, 1.165) is 55.3 Å². The molecule has 2 aromatic rings. The molecule has 0 bridgehead atoms. The zero-order chi connectivity index (χ0) is 17.1. The molecule has 0 unspecified atom stereocenters. The van der Waals surface area contributed by atoms with Crippen molar-refractivity contribution in [1.29, 1.82) is 0 Å². The normalized spacial score (nSPS) is 22.8. The largest absolute Gasteiger partial charge is 0.486 e. The minimum Gasteiger partial charge on any atom is -0.486 e. The molecule has 2 aliphatic rings. The molecule has 6 nitrogen and oxygen atoms in total. The van der Waals surface area contributed by atoms with E-state index in [1.165, 1.54) is 0 Å². The predicted molar refractivity (Wildman–Crippen MR) is 93.8 cm³/mol. The minimum atomic E-state index is 0.109. The lowest BCUT2D eigenvalue weighted by atomic mass is 9.92. The number of aryl methyl sites for hydroxylation is 1. The van der Waals surface area contributed by atoms with Crippen molar-refractivity contribution in [3.63, 3.8) is 0 Å². The summed E-state index contributed by atoms with van der Waals surface area (Å²) in [4.78, 5) is 0. The van der Waals surface area contributed by atoms with Gasteiger partial charge in [-0.3, -0.25) is 4.68 Å². The molecule has 3 heterocycles. The lowest BCUT2D eigenvalue weighted by molar-refractivity contribution is -0.0323. The summed E-state index contributed by atoms with van der Waals surface area (Å²) in [6, 6.07) is 8.14. The van der Waals surface area contributed by atoms with Gasteiger partial charge in [0.2, 0.25) is 0 Å². The maximum absolute atomic E-state index is 6.06. The Morgan fingerprint density at radius 3 is 3.00 bits per heavy atom. The van der Waals surface area contributed by atoms with Gasteiger partial charge in [0.05, 0.1) is 5.69 Å². The minimum absolute atomic E-state index is 0.109. The predicted octanol–water partition coefficient (Wildman–Crippen LogP) is 2.45. The van der Waals surface area contributed by atoms with E-state index in [-0.39, 0.29) is 6.10 Å². The highest BCUT2D eigenvalue weighted by Crippen LogP contribution is 2.35. The number of hydrogen-bond acceptors (Lipinski definition) is 5. The fraction of sp³-hybridized carbons (Fsp3) is 0.526. The van der Waals surface area contributed by atoms with Crippen molar-refractivity contribution in [3.05, 3.63) is 41.7 Å². The summed E-state index contributed by atoms with van der Waals surface area (Å²) in [7, 11) is 1.98. The molecule has 134 valence electrons. The molecular weight excluding hydrogens is 318 g/mol. The monoisotopic (exact) mass is 343 g/mol. The molecule has 0 spiro atoms. The Morgan fingerprint density at radius 2 is 2.12 bits per heavy atom. The lowest BCUT2D eigenvalue weighted by Gasteiger charge is -2.32. The van der Waals surface area contributed by atoms with E-state index < -0.39 is 0 Å². The average molecular weight is 343 g/mol. The fourth-order valence-corrected chi connectivity index (χ4v) is 3.71. The highest BCUT2D eigenvalue weighted by atomic mass is 16.6. The second-order valence-electron chi connectivity index (χ2n) is 6.65. The van der Waals surface area contributed by atoms with Crippen molar-refractivity contribution < 1.29 is 14.2 Å². The molecule has 1 fully saturated rings. The van der Waals surface area contributed by atoms with E-state index in [9.17, 15) is 0 Å². The zero-order valence-electron chi connectivity index (χ0n) is 14.6. The van der Waals surface area contributed by atoms with Crippen LogP contribution >= 0.6 is 0 Å². The molecule has 2 aliphatic heterocycles. The summed E-state index contributed by atoms with van der Waals surface area (Å²) in [6.45, 7) is 3.73. The van der Waals surface area contributed by atoms with Gasteiger partial charge in [0, 0.05) is 44.4 Å². The fourth-order valence-electron chi connectivity index (χ4n) is 3.71. The van der Waals surface area contributed by atoms with E-state index in [1.54, 1.807) is 0 Å². The molecule has 0 radical (unpaired) electrons. The third-order valence-corrected chi connectivity index (χ3v) is 4.96. The van der Waals surface area contributed by atoms with Crippen LogP contribution in [0.5, 0.6) is 11.5 Å². The van der Waals surface area contributed by atoms with Crippen LogP contribution in [-0.2, 0) is 18.3 Å². The quantitative estimate of drug-likeness (QED) is 0.904. The van der Waals surface area contributed by atoms with Crippen LogP contribution in [-0.4, -0.2) is 36.1 Å². The van der Waals surface area contributed by atoms with Gasteiger partial charge in [-0.25, -0.2) is 0 Å². The Bertz CT molecular complexity index is 716. The number of fused-ring (bicyclic) bond motifs is 1. The van der Waals surface area contributed by atoms with Gasteiger partial charge in [0.25, 0.3) is 0 Å². The Balaban J connectivity index is 1.40. The summed E-state index contributed by atoms with van der Waals surface area (Å²) in [5.41, 5.74) is 2.30. The van der Waals surface area contributed by atoms with Crippen LogP contribution in [0.25, 0.3) is 0 Å². The van der Waals surface area contributed by atoms with Crippen LogP contribution in [0.2, 0.25) is 0 Å².